The van der Waals surface area contributed by atoms with Crippen molar-refractivity contribution in [2.75, 3.05) is 26.7 Å². The highest BCUT2D eigenvalue weighted by molar-refractivity contribution is 7.16. The Hall–Kier alpha value is -0.940. The van der Waals surface area contributed by atoms with E-state index in [1.165, 1.54) is 10.4 Å². The van der Waals surface area contributed by atoms with Crippen LogP contribution in [0.15, 0.2) is 36.7 Å². The summed E-state index contributed by atoms with van der Waals surface area (Å²) in [6.45, 7) is 4.00. The number of hydrogen-bond acceptors (Lipinski definition) is 4. The van der Waals surface area contributed by atoms with Crippen molar-refractivity contribution in [2.45, 2.75) is 13.0 Å². The van der Waals surface area contributed by atoms with Gasteiger partial charge in [0.15, 0.2) is 0 Å². The Bertz CT molecular complexity index is 501. The molecule has 0 unspecified atom stereocenters. The summed E-state index contributed by atoms with van der Waals surface area (Å²) in [5.41, 5.74) is 1.34. The van der Waals surface area contributed by atoms with Gasteiger partial charge in [0.2, 0.25) is 0 Å². The summed E-state index contributed by atoms with van der Waals surface area (Å²) in [5, 5.41) is 3.44. The average Bonchev–Trinajstić information content (AvgIpc) is 2.88. The van der Waals surface area contributed by atoms with Gasteiger partial charge in [-0.05, 0) is 43.3 Å². The van der Waals surface area contributed by atoms with Gasteiger partial charge in [-0.25, -0.2) is 0 Å². The third-order valence-electron chi connectivity index (χ3n) is 3.13. The van der Waals surface area contributed by atoms with Crippen LogP contribution in [0.25, 0.3) is 0 Å². The van der Waals surface area contributed by atoms with Gasteiger partial charge in [-0.15, -0.1) is 11.3 Å². The van der Waals surface area contributed by atoms with Crippen LogP contribution < -0.4 is 5.32 Å². The lowest BCUT2D eigenvalue weighted by molar-refractivity contribution is 0.335. The normalized spacial score (nSPS) is 11.2. The predicted octanol–water partition coefficient (Wildman–Crippen LogP) is 3.06. The molecule has 2 rings (SSSR count). The fourth-order valence-electron chi connectivity index (χ4n) is 1.91. The first-order valence-corrected chi connectivity index (χ1v) is 7.96. The van der Waals surface area contributed by atoms with Crippen LogP contribution in [0.3, 0.4) is 0 Å². The van der Waals surface area contributed by atoms with Crippen molar-refractivity contribution in [3.05, 3.63) is 51.4 Å². The summed E-state index contributed by atoms with van der Waals surface area (Å²) in [6.07, 6.45) is 4.77. The summed E-state index contributed by atoms with van der Waals surface area (Å²) in [6, 6.07) is 8.18. The van der Waals surface area contributed by atoms with Gasteiger partial charge in [-0.2, -0.15) is 0 Å². The standard InChI is InChI=1S/C15H20ClN3S/c1-19(10-6-13-4-7-17-8-5-13)11-9-18-12-14-2-3-15(16)20-14/h2-5,7-8,18H,6,9-12H2,1H3. The maximum atomic E-state index is 5.90. The molecule has 20 heavy (non-hydrogen) atoms. The van der Waals surface area contributed by atoms with Crippen LogP contribution in [0, 0.1) is 0 Å². The zero-order chi connectivity index (χ0) is 14.2. The number of thiophene rings is 1. The van der Waals surface area contributed by atoms with Crippen molar-refractivity contribution in [2.24, 2.45) is 0 Å². The van der Waals surface area contributed by atoms with Crippen molar-refractivity contribution in [3.8, 4) is 0 Å². The lowest BCUT2D eigenvalue weighted by Gasteiger charge is -2.16. The molecule has 0 radical (unpaired) electrons. The summed E-state index contributed by atoms with van der Waals surface area (Å²) in [7, 11) is 2.16. The Morgan fingerprint density at radius 3 is 2.70 bits per heavy atom. The highest BCUT2D eigenvalue weighted by Gasteiger charge is 2.00. The number of halogens is 1. The topological polar surface area (TPSA) is 28.2 Å². The third-order valence-corrected chi connectivity index (χ3v) is 4.36. The molecular weight excluding hydrogens is 290 g/mol. The Balaban J connectivity index is 1.57. The molecule has 0 amide bonds. The number of hydrogen-bond donors (Lipinski definition) is 1. The largest absolute Gasteiger partial charge is 0.311 e. The molecule has 1 N–H and O–H groups in total. The number of likely N-dealkylation sites (N-methyl/N-ethyl adjacent to an activating group) is 1. The van der Waals surface area contributed by atoms with Gasteiger partial charge in [-0.1, -0.05) is 11.6 Å². The SMILES string of the molecule is CN(CCNCc1ccc(Cl)s1)CCc1ccncc1. The van der Waals surface area contributed by atoms with Crippen LogP contribution in [-0.2, 0) is 13.0 Å². The highest BCUT2D eigenvalue weighted by Crippen LogP contribution is 2.20. The summed E-state index contributed by atoms with van der Waals surface area (Å²) >= 11 is 7.54. The van der Waals surface area contributed by atoms with E-state index in [-0.39, 0.29) is 0 Å². The van der Waals surface area contributed by atoms with Crippen molar-refractivity contribution < 1.29 is 0 Å². The molecule has 108 valence electrons. The van der Waals surface area contributed by atoms with E-state index in [0.29, 0.717) is 0 Å². The molecular formula is C15H20ClN3S. The van der Waals surface area contributed by atoms with Crippen LogP contribution in [0.4, 0.5) is 0 Å². The smallest absolute Gasteiger partial charge is 0.0931 e. The minimum atomic E-state index is 0.858. The first-order valence-electron chi connectivity index (χ1n) is 6.76. The maximum absolute atomic E-state index is 5.90. The first-order chi connectivity index (χ1) is 9.74. The maximum Gasteiger partial charge on any atom is 0.0931 e. The number of pyridine rings is 1. The zero-order valence-corrected chi connectivity index (χ0v) is 13.3. The summed E-state index contributed by atoms with van der Waals surface area (Å²) in [4.78, 5) is 7.66. The number of nitrogens with one attached hydrogen (secondary N) is 1. The van der Waals surface area contributed by atoms with Crippen molar-refractivity contribution in [3.63, 3.8) is 0 Å². The summed E-state index contributed by atoms with van der Waals surface area (Å²) in [5.74, 6) is 0. The Kier molecular flexibility index (Phi) is 6.47. The van der Waals surface area contributed by atoms with Crippen LogP contribution in [-0.4, -0.2) is 36.6 Å². The van der Waals surface area contributed by atoms with E-state index < -0.39 is 0 Å². The molecule has 3 nitrogen and oxygen atoms in total. The molecule has 2 aromatic heterocycles. The van der Waals surface area contributed by atoms with E-state index in [1.54, 1.807) is 11.3 Å². The lowest BCUT2D eigenvalue weighted by Crippen LogP contribution is -2.30. The van der Waals surface area contributed by atoms with Gasteiger partial charge in [0, 0.05) is 43.4 Å². The molecule has 0 fully saturated rings. The fourth-order valence-corrected chi connectivity index (χ4v) is 2.97. The van der Waals surface area contributed by atoms with E-state index in [0.717, 1.165) is 36.9 Å². The second-order valence-corrected chi connectivity index (χ2v) is 6.59. The second kappa shape index (κ2) is 8.37. The molecule has 2 aromatic rings. The molecule has 0 aliphatic carbocycles. The first kappa shape index (κ1) is 15.4. The Morgan fingerprint density at radius 2 is 2.00 bits per heavy atom. The molecule has 0 aliphatic heterocycles. The van der Waals surface area contributed by atoms with Crippen molar-refractivity contribution in [1.82, 2.24) is 15.2 Å². The Morgan fingerprint density at radius 1 is 1.20 bits per heavy atom. The second-order valence-electron chi connectivity index (χ2n) is 4.79. The number of nitrogens with zero attached hydrogens (tertiary/aromatic N) is 2. The Labute approximate surface area is 129 Å². The van der Waals surface area contributed by atoms with Crippen molar-refractivity contribution in [1.29, 1.82) is 0 Å². The molecule has 0 spiro atoms. The number of aromatic nitrogens is 1. The lowest BCUT2D eigenvalue weighted by atomic mass is 10.2. The van der Waals surface area contributed by atoms with E-state index in [9.17, 15) is 0 Å². The quantitative estimate of drug-likeness (QED) is 0.760. The van der Waals surface area contributed by atoms with Gasteiger partial charge in [0.1, 0.15) is 0 Å². The van der Waals surface area contributed by atoms with Crippen molar-refractivity contribution >= 4 is 22.9 Å². The molecule has 0 aliphatic rings. The number of rotatable bonds is 8. The van der Waals surface area contributed by atoms with Gasteiger partial charge in [0.25, 0.3) is 0 Å². The van der Waals surface area contributed by atoms with E-state index in [1.807, 2.05) is 18.5 Å². The zero-order valence-electron chi connectivity index (χ0n) is 11.7. The molecule has 0 saturated heterocycles. The van der Waals surface area contributed by atoms with E-state index in [2.05, 4.69) is 40.4 Å². The predicted molar refractivity (Wildman–Crippen MR) is 86.5 cm³/mol. The highest BCUT2D eigenvalue weighted by atomic mass is 35.5. The molecule has 2 heterocycles. The van der Waals surface area contributed by atoms with Gasteiger partial charge >= 0.3 is 0 Å². The molecule has 5 heteroatoms. The average molecular weight is 310 g/mol. The van der Waals surface area contributed by atoms with Crippen LogP contribution in [0.5, 0.6) is 0 Å². The van der Waals surface area contributed by atoms with E-state index in [4.69, 9.17) is 11.6 Å². The van der Waals surface area contributed by atoms with Gasteiger partial charge in [0.05, 0.1) is 4.34 Å². The van der Waals surface area contributed by atoms with Crippen LogP contribution in [0.1, 0.15) is 10.4 Å². The van der Waals surface area contributed by atoms with E-state index >= 15 is 0 Å². The fraction of sp³-hybridized carbons (Fsp3) is 0.400. The molecule has 0 saturated carbocycles. The molecule has 0 atom stereocenters. The van der Waals surface area contributed by atoms with Gasteiger partial charge < -0.3 is 10.2 Å². The van der Waals surface area contributed by atoms with Crippen LogP contribution >= 0.6 is 22.9 Å². The summed E-state index contributed by atoms with van der Waals surface area (Å²) < 4.78 is 0.858. The van der Waals surface area contributed by atoms with Crippen LogP contribution in [0.2, 0.25) is 4.34 Å². The molecule has 0 bridgehead atoms. The third kappa shape index (κ3) is 5.59. The van der Waals surface area contributed by atoms with Gasteiger partial charge in [-0.3, -0.25) is 4.98 Å². The molecule has 0 aromatic carbocycles. The minimum Gasteiger partial charge on any atom is -0.311 e. The minimum absolute atomic E-state index is 0.858. The monoisotopic (exact) mass is 309 g/mol.